The van der Waals surface area contributed by atoms with Crippen molar-refractivity contribution in [1.29, 1.82) is 0 Å². The highest BCUT2D eigenvalue weighted by Gasteiger charge is 2.17. The molecule has 0 amide bonds. The van der Waals surface area contributed by atoms with Gasteiger partial charge >= 0.3 is 11.9 Å². The van der Waals surface area contributed by atoms with Crippen LogP contribution in [0.5, 0.6) is 5.75 Å². The van der Waals surface area contributed by atoms with E-state index >= 15 is 0 Å². The molecule has 0 aromatic heterocycles. The van der Waals surface area contributed by atoms with Gasteiger partial charge in [-0.1, -0.05) is 15.9 Å². The van der Waals surface area contributed by atoms with Crippen LogP contribution in [-0.4, -0.2) is 31.3 Å². The Morgan fingerprint density at radius 1 is 1.20 bits per heavy atom. The summed E-state index contributed by atoms with van der Waals surface area (Å²) in [5, 5.41) is 0. The van der Waals surface area contributed by atoms with Gasteiger partial charge in [0.2, 0.25) is 0 Å². The highest BCUT2D eigenvalue weighted by atomic mass is 79.9. The van der Waals surface area contributed by atoms with Crippen molar-refractivity contribution >= 4 is 27.9 Å². The molecule has 0 heterocycles. The normalized spacial score (nSPS) is 10.8. The zero-order valence-corrected chi connectivity index (χ0v) is 13.4. The van der Waals surface area contributed by atoms with Gasteiger partial charge in [0.15, 0.2) is 6.61 Å². The maximum absolute atomic E-state index is 11.5. The smallest absolute Gasteiger partial charge is 0.344 e. The average Bonchev–Trinajstić information content (AvgIpc) is 2.32. The molecular weight excluding hydrogens is 328 g/mol. The number of carbonyl (C=O) groups is 2. The fourth-order valence-electron chi connectivity index (χ4n) is 1.39. The highest BCUT2D eigenvalue weighted by molar-refractivity contribution is 9.10. The van der Waals surface area contributed by atoms with Crippen molar-refractivity contribution in [2.45, 2.75) is 26.4 Å². The molecule has 1 aromatic carbocycles. The highest BCUT2D eigenvalue weighted by Crippen LogP contribution is 2.22. The third-order valence-corrected chi connectivity index (χ3v) is 2.53. The molecule has 1 aromatic rings. The standard InChI is InChI=1S/C14H17BrO5/c1-14(2,3)20-12(16)8-19-11-6-9(13(17)18-4)5-10(15)7-11/h5-7H,8H2,1-4H3. The number of halogens is 1. The van der Waals surface area contributed by atoms with Gasteiger partial charge in [-0.05, 0) is 39.0 Å². The number of hydrogen-bond donors (Lipinski definition) is 0. The predicted octanol–water partition coefficient (Wildman–Crippen LogP) is 2.96. The molecule has 6 heteroatoms. The van der Waals surface area contributed by atoms with Crippen LogP contribution in [0.3, 0.4) is 0 Å². The Morgan fingerprint density at radius 2 is 1.85 bits per heavy atom. The number of benzene rings is 1. The van der Waals surface area contributed by atoms with Gasteiger partial charge < -0.3 is 14.2 Å². The van der Waals surface area contributed by atoms with Gasteiger partial charge in [0, 0.05) is 4.47 Å². The van der Waals surface area contributed by atoms with Crippen LogP contribution in [0.2, 0.25) is 0 Å². The summed E-state index contributed by atoms with van der Waals surface area (Å²) < 4.78 is 15.7. The summed E-state index contributed by atoms with van der Waals surface area (Å²) in [4.78, 5) is 23.0. The molecule has 0 fully saturated rings. The first-order valence-electron chi connectivity index (χ1n) is 5.95. The number of carbonyl (C=O) groups excluding carboxylic acids is 2. The Morgan fingerprint density at radius 3 is 2.40 bits per heavy atom. The lowest BCUT2D eigenvalue weighted by atomic mass is 10.2. The number of ether oxygens (including phenoxy) is 3. The first-order valence-corrected chi connectivity index (χ1v) is 6.74. The van der Waals surface area contributed by atoms with E-state index in [0.717, 1.165) is 0 Å². The summed E-state index contributed by atoms with van der Waals surface area (Å²) in [6, 6.07) is 4.75. The molecular formula is C14H17BrO5. The van der Waals surface area contributed by atoms with Crippen LogP contribution in [0, 0.1) is 0 Å². The van der Waals surface area contributed by atoms with E-state index in [2.05, 4.69) is 20.7 Å². The Bertz CT molecular complexity index is 505. The molecule has 0 aliphatic heterocycles. The lowest BCUT2D eigenvalue weighted by molar-refractivity contribution is -0.157. The van der Waals surface area contributed by atoms with Crippen LogP contribution < -0.4 is 4.74 Å². The van der Waals surface area contributed by atoms with Crippen molar-refractivity contribution in [2.75, 3.05) is 13.7 Å². The van der Waals surface area contributed by atoms with E-state index in [9.17, 15) is 9.59 Å². The molecule has 0 spiro atoms. The summed E-state index contributed by atoms with van der Waals surface area (Å²) in [6.45, 7) is 5.10. The topological polar surface area (TPSA) is 61.8 Å². The van der Waals surface area contributed by atoms with E-state index < -0.39 is 17.5 Å². The Balaban J connectivity index is 2.71. The first kappa shape index (κ1) is 16.5. The van der Waals surface area contributed by atoms with E-state index in [1.807, 2.05) is 0 Å². The summed E-state index contributed by atoms with van der Waals surface area (Å²) >= 11 is 3.26. The summed E-state index contributed by atoms with van der Waals surface area (Å²) in [5.41, 5.74) is -0.226. The Labute approximate surface area is 126 Å². The van der Waals surface area contributed by atoms with E-state index in [4.69, 9.17) is 9.47 Å². The van der Waals surface area contributed by atoms with Gasteiger partial charge in [-0.3, -0.25) is 0 Å². The van der Waals surface area contributed by atoms with Gasteiger partial charge in [-0.2, -0.15) is 0 Å². The summed E-state index contributed by atoms with van der Waals surface area (Å²) in [6.07, 6.45) is 0. The average molecular weight is 345 g/mol. The monoisotopic (exact) mass is 344 g/mol. The van der Waals surface area contributed by atoms with Crippen LogP contribution in [-0.2, 0) is 14.3 Å². The second kappa shape index (κ2) is 6.74. The minimum Gasteiger partial charge on any atom is -0.482 e. The van der Waals surface area contributed by atoms with Crippen molar-refractivity contribution in [3.63, 3.8) is 0 Å². The molecule has 0 aliphatic carbocycles. The van der Waals surface area contributed by atoms with Crippen molar-refractivity contribution < 1.29 is 23.8 Å². The van der Waals surface area contributed by atoms with Crippen molar-refractivity contribution in [3.05, 3.63) is 28.2 Å². The molecule has 1 rings (SSSR count). The molecule has 0 unspecified atom stereocenters. The van der Waals surface area contributed by atoms with Gasteiger partial charge in [0.05, 0.1) is 12.7 Å². The molecule has 20 heavy (non-hydrogen) atoms. The summed E-state index contributed by atoms with van der Waals surface area (Å²) in [5.74, 6) is -0.573. The number of rotatable bonds is 4. The number of hydrogen-bond acceptors (Lipinski definition) is 5. The molecule has 0 saturated carbocycles. The molecule has 0 saturated heterocycles. The third kappa shape index (κ3) is 5.61. The van der Waals surface area contributed by atoms with Crippen molar-refractivity contribution in [1.82, 2.24) is 0 Å². The quantitative estimate of drug-likeness (QED) is 0.785. The molecule has 0 atom stereocenters. The van der Waals surface area contributed by atoms with Gasteiger partial charge in [-0.25, -0.2) is 9.59 Å². The Hall–Kier alpha value is -1.56. The van der Waals surface area contributed by atoms with Gasteiger partial charge in [0.1, 0.15) is 11.4 Å². The van der Waals surface area contributed by atoms with E-state index in [-0.39, 0.29) is 6.61 Å². The number of esters is 2. The maximum Gasteiger partial charge on any atom is 0.344 e. The Kier molecular flexibility index (Phi) is 5.56. The first-order chi connectivity index (χ1) is 9.21. The van der Waals surface area contributed by atoms with Gasteiger partial charge in [-0.15, -0.1) is 0 Å². The third-order valence-electron chi connectivity index (χ3n) is 2.07. The molecule has 0 radical (unpaired) electrons. The minimum atomic E-state index is -0.561. The van der Waals surface area contributed by atoms with Crippen LogP contribution in [0.1, 0.15) is 31.1 Å². The van der Waals surface area contributed by atoms with E-state index in [1.54, 1.807) is 32.9 Å². The van der Waals surface area contributed by atoms with Crippen LogP contribution in [0.25, 0.3) is 0 Å². The van der Waals surface area contributed by atoms with Crippen LogP contribution in [0.4, 0.5) is 0 Å². The second-order valence-electron chi connectivity index (χ2n) is 5.04. The minimum absolute atomic E-state index is 0.228. The second-order valence-corrected chi connectivity index (χ2v) is 5.96. The van der Waals surface area contributed by atoms with Crippen molar-refractivity contribution in [3.8, 4) is 5.75 Å². The molecule has 0 aliphatic rings. The molecule has 0 N–H and O–H groups in total. The lowest BCUT2D eigenvalue weighted by Gasteiger charge is -2.19. The fourth-order valence-corrected chi connectivity index (χ4v) is 1.87. The number of methoxy groups -OCH3 is 1. The lowest BCUT2D eigenvalue weighted by Crippen LogP contribution is -2.27. The largest absolute Gasteiger partial charge is 0.482 e. The van der Waals surface area contributed by atoms with Crippen LogP contribution >= 0.6 is 15.9 Å². The fraction of sp³-hybridized carbons (Fsp3) is 0.429. The van der Waals surface area contributed by atoms with E-state index in [0.29, 0.717) is 15.8 Å². The zero-order chi connectivity index (χ0) is 15.3. The maximum atomic E-state index is 11.5. The van der Waals surface area contributed by atoms with Crippen LogP contribution in [0.15, 0.2) is 22.7 Å². The van der Waals surface area contributed by atoms with E-state index in [1.165, 1.54) is 13.2 Å². The SMILES string of the molecule is COC(=O)c1cc(Br)cc(OCC(=O)OC(C)(C)C)c1. The summed E-state index contributed by atoms with van der Waals surface area (Å²) in [7, 11) is 1.30. The van der Waals surface area contributed by atoms with Gasteiger partial charge in [0.25, 0.3) is 0 Å². The molecule has 0 bridgehead atoms. The van der Waals surface area contributed by atoms with Crippen molar-refractivity contribution in [2.24, 2.45) is 0 Å². The predicted molar refractivity (Wildman–Crippen MR) is 76.8 cm³/mol. The molecule has 5 nitrogen and oxygen atoms in total. The zero-order valence-electron chi connectivity index (χ0n) is 11.9. The molecule has 110 valence electrons.